The molecule has 174 valence electrons. The summed E-state index contributed by atoms with van der Waals surface area (Å²) in [6.07, 6.45) is -0.686. The van der Waals surface area contributed by atoms with Crippen LogP contribution in [0.1, 0.15) is 37.0 Å². The van der Waals surface area contributed by atoms with Crippen LogP contribution in [-0.2, 0) is 12.7 Å². The topological polar surface area (TPSA) is 61.1 Å². The van der Waals surface area contributed by atoms with E-state index in [4.69, 9.17) is 18.6 Å². The molecule has 3 aromatic rings. The van der Waals surface area contributed by atoms with Crippen LogP contribution in [0.5, 0.6) is 23.0 Å². The average Bonchev–Trinajstić information content (AvgIpc) is 3.34. The van der Waals surface area contributed by atoms with Gasteiger partial charge in [0.15, 0.2) is 0 Å². The number of benzene rings is 2. The molecule has 2 aliphatic rings. The summed E-state index contributed by atoms with van der Waals surface area (Å²) < 4.78 is 63.6. The van der Waals surface area contributed by atoms with Gasteiger partial charge in [0.2, 0.25) is 11.2 Å². The number of fused-ring (bicyclic) bond motifs is 3. The summed E-state index contributed by atoms with van der Waals surface area (Å²) in [6, 6.07) is 9.32. The van der Waals surface area contributed by atoms with Gasteiger partial charge in [-0.25, -0.2) is 0 Å². The SMILES string of the molecule is COc1cccc(Oc2c(C(F)(F)F)oc3c4c(ccc3c2=O)OCN(C2CCCC2)C4)c1. The maximum Gasteiger partial charge on any atom is 0.453 e. The van der Waals surface area contributed by atoms with E-state index in [0.29, 0.717) is 36.4 Å². The summed E-state index contributed by atoms with van der Waals surface area (Å²) in [5.41, 5.74) is -0.570. The minimum absolute atomic E-state index is 0.0107. The first-order chi connectivity index (χ1) is 15.8. The molecule has 1 fully saturated rings. The van der Waals surface area contributed by atoms with E-state index < -0.39 is 23.1 Å². The Kier molecular flexibility index (Phi) is 5.44. The zero-order valence-electron chi connectivity index (χ0n) is 17.9. The van der Waals surface area contributed by atoms with Crippen molar-refractivity contribution in [1.82, 2.24) is 4.90 Å². The normalized spacial score (nSPS) is 17.1. The summed E-state index contributed by atoms with van der Waals surface area (Å²) >= 11 is 0. The lowest BCUT2D eigenvalue weighted by molar-refractivity contribution is -0.154. The van der Waals surface area contributed by atoms with Crippen LogP contribution in [0, 0.1) is 0 Å². The van der Waals surface area contributed by atoms with Crippen molar-refractivity contribution in [1.29, 1.82) is 0 Å². The van der Waals surface area contributed by atoms with Crippen LogP contribution >= 0.6 is 0 Å². The van der Waals surface area contributed by atoms with Crippen LogP contribution in [0.15, 0.2) is 45.6 Å². The van der Waals surface area contributed by atoms with E-state index in [2.05, 4.69) is 4.90 Å². The second kappa shape index (κ2) is 8.30. The maximum atomic E-state index is 14.0. The highest BCUT2D eigenvalue weighted by molar-refractivity contribution is 5.84. The fraction of sp³-hybridized carbons (Fsp3) is 0.375. The molecule has 0 atom stereocenters. The highest BCUT2D eigenvalue weighted by atomic mass is 19.4. The standard InChI is InChI=1S/C24H22F3NO5/c1-30-15-7-4-8-16(11-15)32-22-20(29)17-9-10-19-18(21(17)33-23(22)24(25,26)27)12-28(13-31-19)14-5-2-3-6-14/h4,7-11,14H,2-3,5-6,12-13H2,1H3. The molecule has 0 radical (unpaired) electrons. The first-order valence-electron chi connectivity index (χ1n) is 10.7. The van der Waals surface area contributed by atoms with E-state index in [1.165, 1.54) is 25.3 Å². The highest BCUT2D eigenvalue weighted by Gasteiger charge is 2.41. The van der Waals surface area contributed by atoms with Crippen molar-refractivity contribution < 1.29 is 31.8 Å². The molecule has 6 nitrogen and oxygen atoms in total. The predicted octanol–water partition coefficient (Wildman–Crippen LogP) is 5.71. The summed E-state index contributed by atoms with van der Waals surface area (Å²) in [5, 5.41) is 0.0107. The molecule has 0 bridgehead atoms. The van der Waals surface area contributed by atoms with Gasteiger partial charge in [-0.2, -0.15) is 13.2 Å². The van der Waals surface area contributed by atoms with Gasteiger partial charge in [-0.05, 0) is 37.1 Å². The average molecular weight is 461 g/mol. The van der Waals surface area contributed by atoms with Gasteiger partial charge in [-0.15, -0.1) is 0 Å². The fourth-order valence-corrected chi connectivity index (χ4v) is 4.53. The van der Waals surface area contributed by atoms with Crippen LogP contribution in [0.2, 0.25) is 0 Å². The Morgan fingerprint density at radius 1 is 1.09 bits per heavy atom. The van der Waals surface area contributed by atoms with Gasteiger partial charge in [0.1, 0.15) is 29.6 Å². The third kappa shape index (κ3) is 4.01. The molecule has 33 heavy (non-hydrogen) atoms. The molecule has 0 amide bonds. The molecular formula is C24H22F3NO5. The van der Waals surface area contributed by atoms with Gasteiger partial charge >= 0.3 is 6.18 Å². The highest BCUT2D eigenvalue weighted by Crippen LogP contribution is 2.41. The van der Waals surface area contributed by atoms with Gasteiger partial charge < -0.3 is 18.6 Å². The van der Waals surface area contributed by atoms with E-state index in [-0.39, 0.29) is 16.7 Å². The van der Waals surface area contributed by atoms with Crippen molar-refractivity contribution in [3.8, 4) is 23.0 Å². The van der Waals surface area contributed by atoms with Crippen molar-refractivity contribution in [2.45, 2.75) is 44.4 Å². The third-order valence-electron chi connectivity index (χ3n) is 6.19. The molecule has 1 saturated carbocycles. The number of nitrogens with zero attached hydrogens (tertiary/aromatic N) is 1. The van der Waals surface area contributed by atoms with Crippen LogP contribution in [0.4, 0.5) is 13.2 Å². The molecule has 2 heterocycles. The van der Waals surface area contributed by atoms with Crippen LogP contribution < -0.4 is 19.6 Å². The van der Waals surface area contributed by atoms with E-state index in [0.717, 1.165) is 25.7 Å². The quantitative estimate of drug-likeness (QED) is 0.496. The molecular weight excluding hydrogens is 439 g/mol. The van der Waals surface area contributed by atoms with Crippen molar-refractivity contribution in [3.63, 3.8) is 0 Å². The first-order valence-corrected chi connectivity index (χ1v) is 10.7. The monoisotopic (exact) mass is 461 g/mol. The van der Waals surface area contributed by atoms with Gasteiger partial charge in [-0.3, -0.25) is 9.69 Å². The minimum atomic E-state index is -4.94. The molecule has 1 aliphatic heterocycles. The van der Waals surface area contributed by atoms with Crippen LogP contribution in [-0.4, -0.2) is 24.8 Å². The lowest BCUT2D eigenvalue weighted by Crippen LogP contribution is -2.39. The second-order valence-corrected chi connectivity index (χ2v) is 8.25. The van der Waals surface area contributed by atoms with Crippen molar-refractivity contribution >= 4 is 11.0 Å². The lowest BCUT2D eigenvalue weighted by Gasteiger charge is -2.33. The number of rotatable bonds is 4. The van der Waals surface area contributed by atoms with Crippen molar-refractivity contribution in [3.05, 3.63) is 57.9 Å². The lowest BCUT2D eigenvalue weighted by atomic mass is 10.1. The number of alkyl halides is 3. The first kappa shape index (κ1) is 21.6. The van der Waals surface area contributed by atoms with E-state index >= 15 is 0 Å². The van der Waals surface area contributed by atoms with Crippen molar-refractivity contribution in [2.75, 3.05) is 13.8 Å². The van der Waals surface area contributed by atoms with Gasteiger partial charge in [0, 0.05) is 18.7 Å². The Morgan fingerprint density at radius 3 is 2.58 bits per heavy atom. The molecule has 9 heteroatoms. The van der Waals surface area contributed by atoms with Gasteiger partial charge in [0.05, 0.1) is 18.1 Å². The Bertz CT molecular complexity index is 1250. The summed E-state index contributed by atoms with van der Waals surface area (Å²) in [5.74, 6) is -1.55. The Morgan fingerprint density at radius 2 is 1.85 bits per heavy atom. The zero-order valence-corrected chi connectivity index (χ0v) is 17.9. The van der Waals surface area contributed by atoms with E-state index in [1.807, 2.05) is 0 Å². The van der Waals surface area contributed by atoms with E-state index in [9.17, 15) is 18.0 Å². The largest absolute Gasteiger partial charge is 0.497 e. The fourth-order valence-electron chi connectivity index (χ4n) is 4.53. The Balaban J connectivity index is 1.63. The van der Waals surface area contributed by atoms with Crippen LogP contribution in [0.3, 0.4) is 0 Å². The Labute approximate surface area is 187 Å². The van der Waals surface area contributed by atoms with Gasteiger partial charge in [-0.1, -0.05) is 18.9 Å². The van der Waals surface area contributed by atoms with Crippen LogP contribution in [0.25, 0.3) is 11.0 Å². The van der Waals surface area contributed by atoms with Crippen molar-refractivity contribution in [2.24, 2.45) is 0 Å². The zero-order chi connectivity index (χ0) is 23.2. The third-order valence-corrected chi connectivity index (χ3v) is 6.19. The number of ether oxygens (including phenoxy) is 3. The smallest absolute Gasteiger partial charge is 0.453 e. The molecule has 0 unspecified atom stereocenters. The second-order valence-electron chi connectivity index (χ2n) is 8.25. The molecule has 0 spiro atoms. The molecule has 5 rings (SSSR count). The molecule has 1 aliphatic carbocycles. The molecule has 1 aromatic heterocycles. The Hall–Kier alpha value is -3.20. The summed E-state index contributed by atoms with van der Waals surface area (Å²) in [6.45, 7) is 0.713. The number of hydrogen-bond donors (Lipinski definition) is 0. The summed E-state index contributed by atoms with van der Waals surface area (Å²) in [4.78, 5) is 15.3. The van der Waals surface area contributed by atoms with Gasteiger partial charge in [0.25, 0.3) is 5.76 Å². The molecule has 0 N–H and O–H groups in total. The summed E-state index contributed by atoms with van der Waals surface area (Å²) in [7, 11) is 1.42. The minimum Gasteiger partial charge on any atom is -0.497 e. The molecule has 0 saturated heterocycles. The predicted molar refractivity (Wildman–Crippen MR) is 114 cm³/mol. The molecule has 2 aromatic carbocycles. The number of halogens is 3. The maximum absolute atomic E-state index is 14.0. The number of methoxy groups -OCH3 is 1. The number of hydrogen-bond acceptors (Lipinski definition) is 6. The van der Waals surface area contributed by atoms with E-state index in [1.54, 1.807) is 18.2 Å².